The molecule has 0 aliphatic rings. The Hall–Kier alpha value is -3.60. The number of hydrogen-bond donors (Lipinski definition) is 0. The smallest absolute Gasteiger partial charge is 0.349 e. The van der Waals surface area contributed by atoms with Crippen molar-refractivity contribution < 1.29 is 23.8 Å². The Morgan fingerprint density at radius 2 is 1.43 bits per heavy atom. The highest BCUT2D eigenvalue weighted by molar-refractivity contribution is 5.89. The molecule has 0 amide bonds. The Morgan fingerprint density at radius 3 is 2.10 bits per heavy atom. The second kappa shape index (κ2) is 10.8. The molecule has 0 heterocycles. The lowest BCUT2D eigenvalue weighted by atomic mass is 10.1. The van der Waals surface area contributed by atoms with Gasteiger partial charge in [-0.05, 0) is 53.9 Å². The molecule has 0 radical (unpaired) electrons. The van der Waals surface area contributed by atoms with E-state index in [-0.39, 0.29) is 13.2 Å². The molecule has 0 spiro atoms. The number of hydrogen-bond acceptors (Lipinski definition) is 5. The minimum Gasteiger partial charge on any atom is -0.482 e. The van der Waals surface area contributed by atoms with E-state index in [2.05, 4.69) is 6.92 Å². The molecule has 5 heteroatoms. The molecule has 0 N–H and O–H groups in total. The van der Waals surface area contributed by atoms with Crippen LogP contribution in [0.2, 0.25) is 0 Å². The van der Waals surface area contributed by atoms with E-state index in [1.54, 1.807) is 24.3 Å². The largest absolute Gasteiger partial charge is 0.482 e. The maximum Gasteiger partial charge on any atom is 0.349 e. The van der Waals surface area contributed by atoms with Crippen molar-refractivity contribution in [2.24, 2.45) is 0 Å². The van der Waals surface area contributed by atoms with E-state index < -0.39 is 11.9 Å². The van der Waals surface area contributed by atoms with Crippen molar-refractivity contribution in [3.63, 3.8) is 0 Å². The van der Waals surface area contributed by atoms with Crippen LogP contribution in [-0.2, 0) is 22.6 Å². The lowest BCUT2D eigenvalue weighted by Gasteiger charge is -2.08. The van der Waals surface area contributed by atoms with Gasteiger partial charge in [0.05, 0.1) is 5.56 Å². The van der Waals surface area contributed by atoms with Crippen molar-refractivity contribution in [3.8, 4) is 11.5 Å². The zero-order valence-electron chi connectivity index (χ0n) is 16.9. The zero-order valence-corrected chi connectivity index (χ0v) is 16.9. The van der Waals surface area contributed by atoms with Gasteiger partial charge in [-0.2, -0.15) is 0 Å². The summed E-state index contributed by atoms with van der Waals surface area (Å²) in [5.41, 5.74) is 2.53. The maximum absolute atomic E-state index is 12.1. The standard InChI is InChI=1S/C25H24O5/c1-2-6-19-9-13-22(14-10-19)28-18-24(26)30-23-15-11-21(12-16-23)25(27)29-17-20-7-4-3-5-8-20/h3-5,7-16H,2,6,17-18H2,1H3. The molecule has 0 saturated carbocycles. The minimum atomic E-state index is -0.521. The molecular weight excluding hydrogens is 380 g/mol. The third-order valence-corrected chi connectivity index (χ3v) is 4.35. The molecule has 3 aromatic carbocycles. The topological polar surface area (TPSA) is 61.8 Å². The summed E-state index contributed by atoms with van der Waals surface area (Å²) in [6.07, 6.45) is 2.09. The number of benzene rings is 3. The molecule has 0 aliphatic heterocycles. The van der Waals surface area contributed by atoms with Crippen molar-refractivity contribution in [2.75, 3.05) is 6.61 Å². The predicted octanol–water partition coefficient (Wildman–Crippen LogP) is 4.98. The normalized spacial score (nSPS) is 10.3. The first-order valence-electron chi connectivity index (χ1n) is 9.87. The van der Waals surface area contributed by atoms with Crippen LogP contribution in [0.5, 0.6) is 11.5 Å². The molecule has 30 heavy (non-hydrogen) atoms. The molecule has 0 saturated heterocycles. The third kappa shape index (κ3) is 6.48. The molecule has 3 rings (SSSR count). The molecule has 3 aromatic rings. The van der Waals surface area contributed by atoms with Gasteiger partial charge in [0.1, 0.15) is 18.1 Å². The summed E-state index contributed by atoms with van der Waals surface area (Å²) in [6, 6.07) is 23.3. The number of esters is 2. The fourth-order valence-electron chi connectivity index (χ4n) is 2.81. The fourth-order valence-corrected chi connectivity index (χ4v) is 2.81. The third-order valence-electron chi connectivity index (χ3n) is 4.35. The van der Waals surface area contributed by atoms with Crippen LogP contribution < -0.4 is 9.47 Å². The average molecular weight is 404 g/mol. The second-order valence-electron chi connectivity index (χ2n) is 6.74. The summed E-state index contributed by atoms with van der Waals surface area (Å²) in [4.78, 5) is 24.1. The van der Waals surface area contributed by atoms with Crippen molar-refractivity contribution in [2.45, 2.75) is 26.4 Å². The first-order valence-corrected chi connectivity index (χ1v) is 9.87. The van der Waals surface area contributed by atoms with Gasteiger partial charge < -0.3 is 14.2 Å². The van der Waals surface area contributed by atoms with Crippen LogP contribution >= 0.6 is 0 Å². The van der Waals surface area contributed by atoms with Gasteiger partial charge in [-0.25, -0.2) is 9.59 Å². The van der Waals surface area contributed by atoms with Crippen LogP contribution in [0.4, 0.5) is 0 Å². The highest BCUT2D eigenvalue weighted by Crippen LogP contribution is 2.16. The Morgan fingerprint density at radius 1 is 0.767 bits per heavy atom. The highest BCUT2D eigenvalue weighted by atomic mass is 16.6. The summed E-state index contributed by atoms with van der Waals surface area (Å²) < 4.78 is 16.0. The molecule has 0 atom stereocenters. The van der Waals surface area contributed by atoms with E-state index >= 15 is 0 Å². The number of carbonyl (C=O) groups excluding carboxylic acids is 2. The molecule has 5 nitrogen and oxygen atoms in total. The van der Waals surface area contributed by atoms with Crippen LogP contribution in [0.25, 0.3) is 0 Å². The number of aryl methyl sites for hydroxylation is 1. The van der Waals surface area contributed by atoms with Crippen LogP contribution in [-0.4, -0.2) is 18.5 Å². The van der Waals surface area contributed by atoms with Crippen molar-refractivity contribution in [3.05, 3.63) is 95.6 Å². The fraction of sp³-hybridized carbons (Fsp3) is 0.200. The first kappa shape index (κ1) is 21.1. The van der Waals surface area contributed by atoms with Crippen molar-refractivity contribution in [1.29, 1.82) is 0 Å². The molecule has 0 aliphatic carbocycles. The Balaban J connectivity index is 1.45. The predicted molar refractivity (Wildman–Crippen MR) is 114 cm³/mol. The van der Waals surface area contributed by atoms with Gasteiger partial charge in [-0.3, -0.25) is 0 Å². The van der Waals surface area contributed by atoms with E-state index in [0.717, 1.165) is 18.4 Å². The van der Waals surface area contributed by atoms with E-state index in [0.29, 0.717) is 17.1 Å². The molecule has 0 aromatic heterocycles. The van der Waals surface area contributed by atoms with Gasteiger partial charge >= 0.3 is 11.9 Å². The van der Waals surface area contributed by atoms with Gasteiger partial charge in [0.15, 0.2) is 6.61 Å². The van der Waals surface area contributed by atoms with E-state index in [4.69, 9.17) is 14.2 Å². The Labute approximate surface area is 176 Å². The van der Waals surface area contributed by atoms with E-state index in [1.165, 1.54) is 5.56 Å². The van der Waals surface area contributed by atoms with Crippen molar-refractivity contribution >= 4 is 11.9 Å². The zero-order chi connectivity index (χ0) is 21.2. The van der Waals surface area contributed by atoms with Crippen molar-refractivity contribution in [1.82, 2.24) is 0 Å². The molecule has 0 unspecified atom stereocenters. The van der Waals surface area contributed by atoms with Crippen LogP contribution in [0.15, 0.2) is 78.9 Å². The van der Waals surface area contributed by atoms with Crippen LogP contribution in [0.3, 0.4) is 0 Å². The summed E-state index contributed by atoms with van der Waals surface area (Å²) in [6.45, 7) is 2.13. The first-order chi connectivity index (χ1) is 14.6. The summed E-state index contributed by atoms with van der Waals surface area (Å²) in [5.74, 6) is -0.0107. The maximum atomic E-state index is 12.1. The molecule has 0 fully saturated rings. The van der Waals surface area contributed by atoms with E-state index in [9.17, 15) is 9.59 Å². The van der Waals surface area contributed by atoms with Gasteiger partial charge in [0.2, 0.25) is 0 Å². The Kier molecular flexibility index (Phi) is 7.61. The molecule has 154 valence electrons. The van der Waals surface area contributed by atoms with E-state index in [1.807, 2.05) is 54.6 Å². The van der Waals surface area contributed by atoms with Gasteiger partial charge in [-0.15, -0.1) is 0 Å². The average Bonchev–Trinajstić information content (AvgIpc) is 2.78. The Bertz CT molecular complexity index is 947. The van der Waals surface area contributed by atoms with Gasteiger partial charge in [0, 0.05) is 0 Å². The summed E-state index contributed by atoms with van der Waals surface area (Å²) in [5, 5.41) is 0. The van der Waals surface area contributed by atoms with Gasteiger partial charge in [0.25, 0.3) is 0 Å². The second-order valence-corrected chi connectivity index (χ2v) is 6.74. The molecule has 0 bridgehead atoms. The van der Waals surface area contributed by atoms with Crippen LogP contribution in [0.1, 0.15) is 34.8 Å². The number of ether oxygens (including phenoxy) is 3. The lowest BCUT2D eigenvalue weighted by Crippen LogP contribution is -2.17. The summed E-state index contributed by atoms with van der Waals surface area (Å²) >= 11 is 0. The summed E-state index contributed by atoms with van der Waals surface area (Å²) in [7, 11) is 0. The highest BCUT2D eigenvalue weighted by Gasteiger charge is 2.10. The minimum absolute atomic E-state index is 0.200. The monoisotopic (exact) mass is 404 g/mol. The van der Waals surface area contributed by atoms with Gasteiger partial charge in [-0.1, -0.05) is 55.8 Å². The quantitative estimate of drug-likeness (QED) is 0.372. The number of carbonyl (C=O) groups is 2. The SMILES string of the molecule is CCCc1ccc(OCC(=O)Oc2ccc(C(=O)OCc3ccccc3)cc2)cc1. The number of rotatable bonds is 9. The van der Waals surface area contributed by atoms with Crippen LogP contribution in [0, 0.1) is 0 Å². The molecular formula is C25H24O5. The lowest BCUT2D eigenvalue weighted by molar-refractivity contribution is -0.136.